The van der Waals surface area contributed by atoms with E-state index in [9.17, 15) is 0 Å². The topological polar surface area (TPSA) is 35.2 Å². The Labute approximate surface area is 120 Å². The quantitative estimate of drug-likeness (QED) is 0.875. The van der Waals surface area contributed by atoms with Crippen LogP contribution in [0.2, 0.25) is 15.1 Å². The van der Waals surface area contributed by atoms with Gasteiger partial charge >= 0.3 is 0 Å². The van der Waals surface area contributed by atoms with E-state index in [0.29, 0.717) is 33.1 Å². The van der Waals surface area contributed by atoms with E-state index in [1.807, 2.05) is 12.1 Å². The van der Waals surface area contributed by atoms with Crippen LogP contribution in [0.4, 0.5) is 0 Å². The molecular formula is C13H10Cl3NO. The van der Waals surface area contributed by atoms with E-state index < -0.39 is 0 Å². The molecule has 0 saturated heterocycles. The number of hydrogen-bond acceptors (Lipinski definition) is 2. The van der Waals surface area contributed by atoms with Crippen LogP contribution in [0.15, 0.2) is 36.4 Å². The molecule has 0 aliphatic heterocycles. The van der Waals surface area contributed by atoms with Gasteiger partial charge in [0, 0.05) is 12.1 Å². The summed E-state index contributed by atoms with van der Waals surface area (Å²) in [5, 5.41) is 1.26. The SMILES string of the molecule is NCc1cccc(Cl)c1Oc1cccc(Cl)c1Cl. The third kappa shape index (κ3) is 2.73. The van der Waals surface area contributed by atoms with Gasteiger partial charge in [-0.15, -0.1) is 0 Å². The van der Waals surface area contributed by atoms with Crippen molar-refractivity contribution < 1.29 is 4.74 Å². The van der Waals surface area contributed by atoms with E-state index in [-0.39, 0.29) is 0 Å². The minimum absolute atomic E-state index is 0.327. The molecule has 18 heavy (non-hydrogen) atoms. The molecule has 0 atom stereocenters. The molecule has 2 N–H and O–H groups in total. The Kier molecular flexibility index (Phi) is 4.36. The Balaban J connectivity index is 2.43. The molecule has 0 bridgehead atoms. The zero-order valence-corrected chi connectivity index (χ0v) is 11.6. The van der Waals surface area contributed by atoms with E-state index in [4.69, 9.17) is 45.3 Å². The molecule has 0 aliphatic rings. The summed E-state index contributed by atoms with van der Waals surface area (Å²) in [5.74, 6) is 0.956. The number of nitrogens with two attached hydrogens (primary N) is 1. The smallest absolute Gasteiger partial charge is 0.150 e. The normalized spacial score (nSPS) is 10.4. The fraction of sp³-hybridized carbons (Fsp3) is 0.0769. The average Bonchev–Trinajstić information content (AvgIpc) is 2.37. The first-order valence-electron chi connectivity index (χ1n) is 5.23. The van der Waals surface area contributed by atoms with Crippen LogP contribution in [0.25, 0.3) is 0 Å². The van der Waals surface area contributed by atoms with E-state index in [0.717, 1.165) is 5.56 Å². The third-order valence-electron chi connectivity index (χ3n) is 2.40. The summed E-state index contributed by atoms with van der Waals surface area (Å²) < 4.78 is 5.71. The fourth-order valence-corrected chi connectivity index (χ4v) is 2.06. The predicted molar refractivity (Wildman–Crippen MR) is 75.9 cm³/mol. The molecule has 0 saturated carbocycles. The molecule has 0 amide bonds. The molecule has 0 fully saturated rings. The number of rotatable bonds is 3. The van der Waals surface area contributed by atoms with Crippen LogP contribution in [0.3, 0.4) is 0 Å². The standard InChI is InChI=1S/C13H10Cl3NO/c14-9-4-2-6-11(12(9)16)18-13-8(7-17)3-1-5-10(13)15/h1-6H,7,17H2. The maximum Gasteiger partial charge on any atom is 0.150 e. The van der Waals surface area contributed by atoms with Crippen molar-refractivity contribution in [3.8, 4) is 11.5 Å². The summed E-state index contributed by atoms with van der Waals surface area (Å²) in [6.07, 6.45) is 0. The van der Waals surface area contributed by atoms with Gasteiger partial charge in [-0.2, -0.15) is 0 Å². The zero-order valence-electron chi connectivity index (χ0n) is 9.29. The van der Waals surface area contributed by atoms with Crippen molar-refractivity contribution >= 4 is 34.8 Å². The van der Waals surface area contributed by atoms with Crippen molar-refractivity contribution in [1.29, 1.82) is 0 Å². The Morgan fingerprint density at radius 3 is 2.33 bits per heavy atom. The van der Waals surface area contributed by atoms with Crippen LogP contribution >= 0.6 is 34.8 Å². The van der Waals surface area contributed by atoms with Crippen LogP contribution < -0.4 is 10.5 Å². The number of halogens is 3. The summed E-state index contributed by atoms with van der Waals surface area (Å²) in [5.41, 5.74) is 6.45. The molecule has 2 nitrogen and oxygen atoms in total. The van der Waals surface area contributed by atoms with Gasteiger partial charge in [0.1, 0.15) is 10.8 Å². The lowest BCUT2D eigenvalue weighted by Crippen LogP contribution is -2.00. The molecule has 0 aliphatic carbocycles. The predicted octanol–water partition coefficient (Wildman–Crippen LogP) is 4.90. The second kappa shape index (κ2) is 5.81. The summed E-state index contributed by atoms with van der Waals surface area (Å²) in [7, 11) is 0. The first-order chi connectivity index (χ1) is 8.63. The molecule has 0 unspecified atom stereocenters. The van der Waals surface area contributed by atoms with E-state index in [1.54, 1.807) is 24.3 Å². The molecule has 5 heteroatoms. The second-order valence-corrected chi connectivity index (χ2v) is 4.78. The molecule has 0 radical (unpaired) electrons. The van der Waals surface area contributed by atoms with E-state index in [1.165, 1.54) is 0 Å². The molecule has 0 aromatic heterocycles. The number of benzene rings is 2. The lowest BCUT2D eigenvalue weighted by molar-refractivity contribution is 0.477. The second-order valence-electron chi connectivity index (χ2n) is 3.59. The molecule has 2 aromatic rings. The largest absolute Gasteiger partial charge is 0.454 e. The highest BCUT2D eigenvalue weighted by Crippen LogP contribution is 2.38. The molecule has 2 aromatic carbocycles. The van der Waals surface area contributed by atoms with Gasteiger partial charge in [0.2, 0.25) is 0 Å². The molecular weight excluding hydrogens is 293 g/mol. The van der Waals surface area contributed by atoms with E-state index in [2.05, 4.69) is 0 Å². The first kappa shape index (κ1) is 13.5. The van der Waals surface area contributed by atoms with Crippen molar-refractivity contribution in [2.45, 2.75) is 6.54 Å². The Bertz CT molecular complexity index is 572. The summed E-state index contributed by atoms with van der Waals surface area (Å²) in [6, 6.07) is 10.6. The van der Waals surface area contributed by atoms with Crippen molar-refractivity contribution in [2.75, 3.05) is 0 Å². The van der Waals surface area contributed by atoms with Gasteiger partial charge < -0.3 is 10.5 Å². The van der Waals surface area contributed by atoms with E-state index >= 15 is 0 Å². The summed E-state index contributed by atoms with van der Waals surface area (Å²) in [4.78, 5) is 0. The lowest BCUT2D eigenvalue weighted by atomic mass is 10.2. The summed E-state index contributed by atoms with van der Waals surface area (Å²) >= 11 is 18.1. The van der Waals surface area contributed by atoms with Gasteiger partial charge in [0.25, 0.3) is 0 Å². The summed E-state index contributed by atoms with van der Waals surface area (Å²) in [6.45, 7) is 0.327. The molecule has 94 valence electrons. The molecule has 0 spiro atoms. The average molecular weight is 303 g/mol. The van der Waals surface area contributed by atoms with Gasteiger partial charge in [-0.25, -0.2) is 0 Å². The zero-order chi connectivity index (χ0) is 13.1. The Hall–Kier alpha value is -0.930. The van der Waals surface area contributed by atoms with Crippen molar-refractivity contribution in [2.24, 2.45) is 5.73 Å². The number of hydrogen-bond donors (Lipinski definition) is 1. The van der Waals surface area contributed by atoms with Crippen LogP contribution in [-0.2, 0) is 6.54 Å². The third-order valence-corrected chi connectivity index (χ3v) is 3.50. The minimum Gasteiger partial charge on any atom is -0.454 e. The highest BCUT2D eigenvalue weighted by atomic mass is 35.5. The highest BCUT2D eigenvalue weighted by molar-refractivity contribution is 6.43. The first-order valence-corrected chi connectivity index (χ1v) is 6.36. The lowest BCUT2D eigenvalue weighted by Gasteiger charge is -2.13. The van der Waals surface area contributed by atoms with Gasteiger partial charge in [-0.3, -0.25) is 0 Å². The molecule has 2 rings (SSSR count). The van der Waals surface area contributed by atoms with Crippen molar-refractivity contribution in [3.05, 3.63) is 57.0 Å². The van der Waals surface area contributed by atoms with Crippen LogP contribution in [0.5, 0.6) is 11.5 Å². The fourth-order valence-electron chi connectivity index (χ4n) is 1.50. The Morgan fingerprint density at radius 2 is 1.61 bits per heavy atom. The van der Waals surface area contributed by atoms with Gasteiger partial charge in [0.15, 0.2) is 5.75 Å². The minimum atomic E-state index is 0.327. The maximum atomic E-state index is 6.09. The van der Waals surface area contributed by atoms with Crippen LogP contribution in [-0.4, -0.2) is 0 Å². The Morgan fingerprint density at radius 1 is 0.944 bits per heavy atom. The van der Waals surface area contributed by atoms with Crippen LogP contribution in [0, 0.1) is 0 Å². The van der Waals surface area contributed by atoms with Gasteiger partial charge in [0.05, 0.1) is 10.0 Å². The maximum absolute atomic E-state index is 6.09. The highest BCUT2D eigenvalue weighted by Gasteiger charge is 2.12. The van der Waals surface area contributed by atoms with Gasteiger partial charge in [-0.1, -0.05) is 53.0 Å². The van der Waals surface area contributed by atoms with Crippen molar-refractivity contribution in [1.82, 2.24) is 0 Å². The number of para-hydroxylation sites is 1. The number of ether oxygens (including phenoxy) is 1. The van der Waals surface area contributed by atoms with Gasteiger partial charge in [-0.05, 0) is 18.2 Å². The molecule has 0 heterocycles. The van der Waals surface area contributed by atoms with Crippen LogP contribution in [0.1, 0.15) is 5.56 Å². The van der Waals surface area contributed by atoms with Crippen molar-refractivity contribution in [3.63, 3.8) is 0 Å². The monoisotopic (exact) mass is 301 g/mol.